The van der Waals surface area contributed by atoms with Crippen LogP contribution in [-0.4, -0.2) is 17.5 Å². The molecule has 1 unspecified atom stereocenters. The normalized spacial score (nSPS) is 18.1. The van der Waals surface area contributed by atoms with Crippen molar-refractivity contribution in [3.05, 3.63) is 65.2 Å². The van der Waals surface area contributed by atoms with Gasteiger partial charge in [0.25, 0.3) is 0 Å². The Kier molecular flexibility index (Phi) is 5.69. The summed E-state index contributed by atoms with van der Waals surface area (Å²) >= 11 is 0. The smallest absolute Gasteiger partial charge is 0.329 e. The van der Waals surface area contributed by atoms with Crippen LogP contribution in [0.3, 0.4) is 0 Å². The quantitative estimate of drug-likeness (QED) is 0.770. The zero-order valence-electron chi connectivity index (χ0n) is 16.6. The molecule has 2 aromatic rings. The van der Waals surface area contributed by atoms with Crippen molar-refractivity contribution in [3.8, 4) is 11.8 Å². The highest BCUT2D eigenvalue weighted by molar-refractivity contribution is 6.17. The molecule has 0 aromatic heterocycles. The lowest BCUT2D eigenvalue weighted by Gasteiger charge is -2.45. The average Bonchev–Trinajstić information content (AvgIpc) is 2.72. The van der Waals surface area contributed by atoms with E-state index in [9.17, 15) is 18.4 Å². The lowest BCUT2D eigenvalue weighted by atomic mass is 9.78. The van der Waals surface area contributed by atoms with Gasteiger partial charge in [0, 0.05) is 11.1 Å². The third-order valence-corrected chi connectivity index (χ3v) is 5.61. The van der Waals surface area contributed by atoms with Gasteiger partial charge in [0.05, 0.1) is 11.5 Å². The van der Waals surface area contributed by atoms with Gasteiger partial charge in [-0.2, -0.15) is 0 Å². The van der Waals surface area contributed by atoms with Crippen molar-refractivity contribution in [2.45, 2.75) is 39.2 Å². The van der Waals surface area contributed by atoms with Crippen molar-refractivity contribution in [2.24, 2.45) is 5.92 Å². The molecule has 0 aliphatic carbocycles. The Morgan fingerprint density at radius 2 is 1.55 bits per heavy atom. The number of nitrogens with one attached hydrogen (secondary N) is 1. The Bertz CT molecular complexity index is 982. The van der Waals surface area contributed by atoms with Crippen molar-refractivity contribution >= 4 is 17.6 Å². The van der Waals surface area contributed by atoms with Gasteiger partial charge in [0.15, 0.2) is 11.6 Å². The monoisotopic (exact) mass is 396 g/mol. The number of amides is 3. The summed E-state index contributed by atoms with van der Waals surface area (Å²) in [7, 11) is 0. The Balaban J connectivity index is 1.97. The number of benzene rings is 2. The van der Waals surface area contributed by atoms with E-state index in [1.54, 1.807) is 19.1 Å². The van der Waals surface area contributed by atoms with E-state index < -0.39 is 40.7 Å². The third-order valence-electron chi connectivity index (χ3n) is 5.61. The molecular formula is C23H22F2N2O2. The van der Waals surface area contributed by atoms with E-state index in [0.29, 0.717) is 23.3 Å². The largest absolute Gasteiger partial charge is 0.331 e. The number of hydrogen-bond acceptors (Lipinski definition) is 2. The summed E-state index contributed by atoms with van der Waals surface area (Å²) < 4.78 is 29.5. The maximum atomic E-state index is 14.8. The fourth-order valence-electron chi connectivity index (χ4n) is 3.68. The zero-order chi connectivity index (χ0) is 21.2. The molecule has 0 spiro atoms. The predicted molar refractivity (Wildman–Crippen MR) is 107 cm³/mol. The van der Waals surface area contributed by atoms with E-state index in [2.05, 4.69) is 17.2 Å². The van der Waals surface area contributed by atoms with Gasteiger partial charge in [-0.15, -0.1) is 0 Å². The maximum absolute atomic E-state index is 14.8. The second-order valence-corrected chi connectivity index (χ2v) is 7.09. The first kappa shape index (κ1) is 20.5. The van der Waals surface area contributed by atoms with Crippen LogP contribution < -0.4 is 10.2 Å². The SMILES string of the molecule is CCC1(CC)NC(=O)N(c2c(F)cc(C#Cc3ccccc3)cc2F)C(=O)C1C. The van der Waals surface area contributed by atoms with Crippen LogP contribution in [0.2, 0.25) is 0 Å². The average molecular weight is 396 g/mol. The topological polar surface area (TPSA) is 49.4 Å². The minimum Gasteiger partial charge on any atom is -0.331 e. The zero-order valence-corrected chi connectivity index (χ0v) is 16.6. The van der Waals surface area contributed by atoms with Crippen molar-refractivity contribution in [1.29, 1.82) is 0 Å². The van der Waals surface area contributed by atoms with E-state index in [4.69, 9.17) is 0 Å². The van der Waals surface area contributed by atoms with Crippen LogP contribution in [0.5, 0.6) is 0 Å². The number of rotatable bonds is 3. The maximum Gasteiger partial charge on any atom is 0.329 e. The van der Waals surface area contributed by atoms with Gasteiger partial charge in [-0.3, -0.25) is 4.79 Å². The Morgan fingerprint density at radius 3 is 2.10 bits per heavy atom. The summed E-state index contributed by atoms with van der Waals surface area (Å²) in [5.74, 6) is 2.25. The van der Waals surface area contributed by atoms with Crippen molar-refractivity contribution in [1.82, 2.24) is 5.32 Å². The molecule has 3 amide bonds. The lowest BCUT2D eigenvalue weighted by Crippen LogP contribution is -2.66. The van der Waals surface area contributed by atoms with Crippen LogP contribution in [0.25, 0.3) is 0 Å². The van der Waals surface area contributed by atoms with Crippen LogP contribution >= 0.6 is 0 Å². The highest BCUT2D eigenvalue weighted by atomic mass is 19.1. The second kappa shape index (κ2) is 8.04. The van der Waals surface area contributed by atoms with Gasteiger partial charge in [-0.1, -0.05) is 50.8 Å². The molecule has 1 aliphatic heterocycles. The fraction of sp³-hybridized carbons (Fsp3) is 0.304. The first-order chi connectivity index (χ1) is 13.8. The highest BCUT2D eigenvalue weighted by Crippen LogP contribution is 2.35. The summed E-state index contributed by atoms with van der Waals surface area (Å²) in [5.41, 5.74) is -0.585. The molecule has 1 fully saturated rings. The molecule has 150 valence electrons. The number of carbonyl (C=O) groups is 2. The van der Waals surface area contributed by atoms with Gasteiger partial charge in [-0.05, 0) is 37.1 Å². The van der Waals surface area contributed by atoms with Gasteiger partial charge in [0.2, 0.25) is 5.91 Å². The minimum atomic E-state index is -1.02. The summed E-state index contributed by atoms with van der Waals surface area (Å²) in [6.07, 6.45) is 1.07. The third kappa shape index (κ3) is 3.73. The number of anilines is 1. The molecular weight excluding hydrogens is 374 g/mol. The van der Waals surface area contributed by atoms with Gasteiger partial charge in [0.1, 0.15) is 5.69 Å². The molecule has 1 saturated heterocycles. The van der Waals surface area contributed by atoms with Crippen molar-refractivity contribution in [2.75, 3.05) is 4.90 Å². The lowest BCUT2D eigenvalue weighted by molar-refractivity contribution is -0.125. The van der Waals surface area contributed by atoms with Crippen LogP contribution in [-0.2, 0) is 4.79 Å². The molecule has 2 aromatic carbocycles. The molecule has 0 saturated carbocycles. The number of carbonyl (C=O) groups excluding carboxylic acids is 2. The van der Waals surface area contributed by atoms with E-state index in [1.807, 2.05) is 32.0 Å². The number of halogens is 2. The Hall–Kier alpha value is -3.20. The van der Waals surface area contributed by atoms with Crippen molar-refractivity contribution in [3.63, 3.8) is 0 Å². The molecule has 1 heterocycles. The molecule has 0 radical (unpaired) electrons. The fourth-order valence-corrected chi connectivity index (χ4v) is 3.68. The molecule has 1 atom stereocenters. The predicted octanol–water partition coefficient (Wildman–Crippen LogP) is 4.62. The number of imide groups is 1. The van der Waals surface area contributed by atoms with Gasteiger partial charge >= 0.3 is 6.03 Å². The summed E-state index contributed by atoms with van der Waals surface area (Å²) in [5, 5.41) is 2.78. The molecule has 0 bridgehead atoms. The number of urea groups is 1. The molecule has 3 rings (SSSR count). The number of nitrogens with zero attached hydrogens (tertiary/aromatic N) is 1. The van der Waals surface area contributed by atoms with E-state index in [0.717, 1.165) is 12.1 Å². The van der Waals surface area contributed by atoms with E-state index >= 15 is 0 Å². The summed E-state index contributed by atoms with van der Waals surface area (Å²) in [6, 6.07) is 10.2. The van der Waals surface area contributed by atoms with E-state index in [-0.39, 0.29) is 5.56 Å². The van der Waals surface area contributed by atoms with Crippen LogP contribution in [0.15, 0.2) is 42.5 Å². The molecule has 29 heavy (non-hydrogen) atoms. The van der Waals surface area contributed by atoms with Crippen molar-refractivity contribution < 1.29 is 18.4 Å². The van der Waals surface area contributed by atoms with Gasteiger partial charge < -0.3 is 5.32 Å². The minimum absolute atomic E-state index is 0.113. The first-order valence-corrected chi connectivity index (χ1v) is 9.55. The van der Waals surface area contributed by atoms with E-state index in [1.165, 1.54) is 0 Å². The van der Waals surface area contributed by atoms with Crippen LogP contribution in [0.1, 0.15) is 44.7 Å². The van der Waals surface area contributed by atoms with Crippen LogP contribution in [0.4, 0.5) is 19.3 Å². The number of hydrogen-bond donors (Lipinski definition) is 1. The van der Waals surface area contributed by atoms with Crippen LogP contribution in [0, 0.1) is 29.4 Å². The Morgan fingerprint density at radius 1 is 1.00 bits per heavy atom. The molecule has 6 heteroatoms. The summed E-state index contributed by atoms with van der Waals surface area (Å²) in [6.45, 7) is 5.40. The first-order valence-electron chi connectivity index (χ1n) is 9.55. The van der Waals surface area contributed by atoms with Gasteiger partial charge in [-0.25, -0.2) is 18.5 Å². The highest BCUT2D eigenvalue weighted by Gasteiger charge is 2.48. The standard InChI is InChI=1S/C23H22F2N2O2/c1-4-23(5-2)15(3)21(28)27(22(29)26-23)20-18(24)13-17(14-19(20)25)12-11-16-9-7-6-8-10-16/h6-10,13-15H,4-5H2,1-3H3,(H,26,29). The molecule has 1 N–H and O–H groups in total. The molecule has 4 nitrogen and oxygen atoms in total. The summed E-state index contributed by atoms with van der Waals surface area (Å²) in [4.78, 5) is 26.1. The Labute approximate surface area is 168 Å². The molecule has 1 aliphatic rings. The second-order valence-electron chi connectivity index (χ2n) is 7.09.